The molecule has 0 bridgehead atoms. The largest absolute Gasteiger partial charge is 0.486 e. The van der Waals surface area contributed by atoms with Gasteiger partial charge in [-0.05, 0) is 88.2 Å². The van der Waals surface area contributed by atoms with Gasteiger partial charge in [0.25, 0.3) is 0 Å². The Bertz CT molecular complexity index is 3430. The summed E-state index contributed by atoms with van der Waals surface area (Å²) in [4.78, 5) is 19.1. The number of imidazole rings is 1. The first-order chi connectivity index (χ1) is 32.0. The number of aryl methyl sites for hydroxylation is 1. The van der Waals surface area contributed by atoms with E-state index in [0.29, 0.717) is 17.0 Å². The van der Waals surface area contributed by atoms with Crippen LogP contribution in [-0.2, 0) is 25.5 Å². The molecule has 0 N–H and O–H groups in total. The zero-order valence-corrected chi connectivity index (χ0v) is 45.2. The molecule has 5 aromatic heterocycles. The summed E-state index contributed by atoms with van der Waals surface area (Å²) in [5, 5.41) is 13.7. The van der Waals surface area contributed by atoms with Gasteiger partial charge in [-0.15, -0.1) is 18.2 Å². The maximum atomic E-state index is 9.47. The van der Waals surface area contributed by atoms with E-state index in [2.05, 4.69) is 190 Å². The fraction of sp³-hybridized carbons (Fsp3) is 0.237. The molecule has 68 heavy (non-hydrogen) atoms. The Kier molecular flexibility index (Phi) is 13.5. The maximum absolute atomic E-state index is 9.47. The fourth-order valence-corrected chi connectivity index (χ4v) is 11.0. The van der Waals surface area contributed by atoms with Crippen molar-refractivity contribution in [1.82, 2.24) is 24.5 Å². The van der Waals surface area contributed by atoms with Gasteiger partial charge in [0.2, 0.25) is 5.71 Å². The van der Waals surface area contributed by atoms with Crippen LogP contribution in [-0.4, -0.2) is 37.8 Å². The Morgan fingerprint density at radius 1 is 0.750 bits per heavy atom. The first-order valence-corrected chi connectivity index (χ1v) is 30.5. The Morgan fingerprint density at radius 3 is 2.12 bits per heavy atom. The third kappa shape index (κ3) is 9.32. The van der Waals surface area contributed by atoms with Gasteiger partial charge in [-0.3, -0.25) is 9.97 Å². The van der Waals surface area contributed by atoms with Gasteiger partial charge >= 0.3 is 126 Å². The molecule has 5 heterocycles. The van der Waals surface area contributed by atoms with E-state index in [9.17, 15) is 5.26 Å². The van der Waals surface area contributed by atoms with E-state index in [1.165, 1.54) is 43.0 Å². The predicted molar refractivity (Wildman–Crippen MR) is 279 cm³/mol. The van der Waals surface area contributed by atoms with Crippen LogP contribution in [0.5, 0.6) is 0 Å². The van der Waals surface area contributed by atoms with Crippen LogP contribution in [0.4, 0.5) is 0 Å². The van der Waals surface area contributed by atoms with Gasteiger partial charge in [0, 0.05) is 37.4 Å². The van der Waals surface area contributed by atoms with Crippen LogP contribution >= 0.6 is 0 Å². The van der Waals surface area contributed by atoms with Crippen molar-refractivity contribution in [2.24, 2.45) is 0 Å². The number of benzene rings is 5. The fourth-order valence-electron chi connectivity index (χ4n) is 8.82. The van der Waals surface area contributed by atoms with Crippen LogP contribution in [0.25, 0.3) is 83.3 Å². The normalized spacial score (nSPS) is 11.9. The molecule has 10 aromatic rings. The molecule has 0 spiro atoms. The minimum atomic E-state index is -1.76. The number of pyridine rings is 3. The Labute approximate surface area is 416 Å². The molecule has 0 unspecified atom stereocenters. The number of nitrogens with zero attached hydrogens (tertiary/aromatic N) is 6. The molecule has 9 heteroatoms. The maximum Gasteiger partial charge on any atom is 0.217 e. The molecule has 0 fully saturated rings. The van der Waals surface area contributed by atoms with Gasteiger partial charge in [-0.25, -0.2) is 4.98 Å². The van der Waals surface area contributed by atoms with Crippen molar-refractivity contribution in [2.75, 3.05) is 0 Å². The summed E-state index contributed by atoms with van der Waals surface area (Å²) in [6, 6.07) is 49.1. The van der Waals surface area contributed by atoms with Gasteiger partial charge in [0.05, 0.1) is 28.1 Å². The monoisotopic (exact) mass is 1130 g/mol. The first kappa shape index (κ1) is 48.2. The van der Waals surface area contributed by atoms with E-state index in [-0.39, 0.29) is 37.4 Å². The quantitative estimate of drug-likeness (QED) is 0.117. The molecule has 5 aromatic carbocycles. The number of hydrogen-bond donors (Lipinski definition) is 0. The summed E-state index contributed by atoms with van der Waals surface area (Å²) >= 11 is -1.76. The molecule has 0 aliphatic heterocycles. The van der Waals surface area contributed by atoms with E-state index in [0.717, 1.165) is 55.8 Å². The van der Waals surface area contributed by atoms with Crippen LogP contribution in [0, 0.1) is 30.4 Å². The average Bonchev–Trinajstić information content (AvgIpc) is 3.90. The Morgan fingerprint density at radius 2 is 1.49 bits per heavy atom. The van der Waals surface area contributed by atoms with Gasteiger partial charge in [0.15, 0.2) is 0 Å². The summed E-state index contributed by atoms with van der Waals surface area (Å²) < 4.78 is 10.1. The summed E-state index contributed by atoms with van der Waals surface area (Å²) in [6.45, 7) is 17.7. The van der Waals surface area contributed by atoms with Crippen molar-refractivity contribution in [3.05, 3.63) is 168 Å². The second kappa shape index (κ2) is 19.0. The van der Waals surface area contributed by atoms with E-state index < -0.39 is 13.3 Å². The minimum absolute atomic E-state index is 0. The molecule has 343 valence electrons. The summed E-state index contributed by atoms with van der Waals surface area (Å²) in [5.74, 6) is 8.32. The molecule has 1 radical (unpaired) electrons. The standard InChI is InChI=1S/C41H32N5O.C18H24GeN.Ir/c1-23(2)34-20-29(28-14-13-26-9-6-7-10-27(26)19-28)21-35(24(3)4)38(34)46-37-25(5)43-18-17-36(37)45-40(46)33-12-8-11-31-32-16-15-30(22-42)44-41(32)47-39(31)33;1-18(2,3)15-9-7-14(8-10-15)17-12-11-16(13-20-17)19(4,5)6;/h6-11,13-21,23-24H,1-5H3;7,9-13H,1-6H3;/q2*-1;. The van der Waals surface area contributed by atoms with E-state index in [1.54, 1.807) is 6.07 Å². The summed E-state index contributed by atoms with van der Waals surface area (Å²) in [7, 11) is 0. The first-order valence-electron chi connectivity index (χ1n) is 23.1. The third-order valence-corrected chi connectivity index (χ3v) is 16.9. The molecule has 0 aliphatic carbocycles. The number of furan rings is 1. The van der Waals surface area contributed by atoms with Gasteiger partial charge < -0.3 is 8.98 Å². The van der Waals surface area contributed by atoms with Gasteiger partial charge in [-0.2, -0.15) is 5.26 Å². The predicted octanol–water partition coefficient (Wildman–Crippen LogP) is 14.8. The van der Waals surface area contributed by atoms with Gasteiger partial charge in [0.1, 0.15) is 11.8 Å². The zero-order valence-electron chi connectivity index (χ0n) is 40.7. The molecule has 0 atom stereocenters. The SMILES string of the molecule is CC(C)(C)c1c[c-]c(-c2cc[c]([Ge]([CH3])([CH3])[CH3])cn2)cc1.Cc1nccc2nc(-c3[c-]ccc4c3oc3nc(C#N)ccc34)n(-c3c(C(C)C)cc(-c4ccc5ccccc5c4)cc3C(C)C)c12.[Ir]. The second-order valence-electron chi connectivity index (χ2n) is 20.2. The van der Waals surface area contributed by atoms with Crippen LogP contribution in [0.2, 0.25) is 17.3 Å². The number of aromatic nitrogens is 5. The molecule has 7 nitrogen and oxygen atoms in total. The summed E-state index contributed by atoms with van der Waals surface area (Å²) in [6.07, 6.45) is 3.87. The van der Waals surface area contributed by atoms with E-state index in [4.69, 9.17) is 14.4 Å². The molecule has 0 saturated heterocycles. The van der Waals surface area contributed by atoms with Crippen molar-refractivity contribution in [3.8, 4) is 45.5 Å². The third-order valence-electron chi connectivity index (χ3n) is 12.7. The Balaban J connectivity index is 0.000000251. The van der Waals surface area contributed by atoms with Crippen molar-refractivity contribution in [1.29, 1.82) is 5.26 Å². The van der Waals surface area contributed by atoms with Gasteiger partial charge in [-0.1, -0.05) is 75.0 Å². The van der Waals surface area contributed by atoms with Crippen LogP contribution < -0.4 is 4.40 Å². The molecule has 0 saturated carbocycles. The van der Waals surface area contributed by atoms with E-state index >= 15 is 0 Å². The minimum Gasteiger partial charge on any atom is -0.486 e. The number of rotatable bonds is 7. The van der Waals surface area contributed by atoms with Crippen molar-refractivity contribution in [2.45, 2.75) is 89.9 Å². The molecule has 10 rings (SSSR count). The molecular formula is C59H56GeIrN6O-2. The van der Waals surface area contributed by atoms with Crippen LogP contribution in [0.1, 0.15) is 88.4 Å². The smallest absolute Gasteiger partial charge is 0.217 e. The molecule has 0 amide bonds. The topological polar surface area (TPSA) is 93.4 Å². The second-order valence-corrected chi connectivity index (χ2v) is 30.8. The molecule has 0 aliphatic rings. The van der Waals surface area contributed by atoms with Crippen molar-refractivity contribution >= 4 is 61.5 Å². The Hall–Kier alpha value is -6.24. The van der Waals surface area contributed by atoms with Crippen molar-refractivity contribution < 1.29 is 24.5 Å². The number of hydrogen-bond acceptors (Lipinski definition) is 6. The van der Waals surface area contributed by atoms with Crippen LogP contribution in [0.3, 0.4) is 0 Å². The number of nitriles is 1. The van der Waals surface area contributed by atoms with Crippen LogP contribution in [0.15, 0.2) is 132 Å². The number of fused-ring (bicyclic) bond motifs is 5. The summed E-state index contributed by atoms with van der Waals surface area (Å²) in [5.41, 5.74) is 14.3. The average molecular weight is 1130 g/mol. The van der Waals surface area contributed by atoms with Crippen molar-refractivity contribution in [3.63, 3.8) is 0 Å². The van der Waals surface area contributed by atoms with E-state index in [1.807, 2.05) is 37.4 Å². The molecular weight excluding hydrogens is 1070 g/mol. The zero-order chi connectivity index (χ0) is 47.4.